The molecule has 0 aliphatic carbocycles. The number of piperazine rings is 1. The number of carbonyl (C=O) groups excluding carboxylic acids is 1. The molecule has 3 heterocycles. The van der Waals surface area contributed by atoms with E-state index in [2.05, 4.69) is 10.00 Å². The minimum atomic E-state index is 0.0212. The molecule has 152 valence electrons. The summed E-state index contributed by atoms with van der Waals surface area (Å²) in [7, 11) is 0. The summed E-state index contributed by atoms with van der Waals surface area (Å²) in [5.74, 6) is 1.87. The number of fused-ring (bicyclic) bond motifs is 1. The number of nitrogens with zero attached hydrogens (tertiary/aromatic N) is 6. The van der Waals surface area contributed by atoms with Crippen molar-refractivity contribution in [2.24, 2.45) is 5.92 Å². The van der Waals surface area contributed by atoms with Gasteiger partial charge in [-0.2, -0.15) is 5.10 Å². The number of hydrogen-bond donors (Lipinski definition) is 0. The second kappa shape index (κ2) is 7.99. The zero-order valence-corrected chi connectivity index (χ0v) is 17.7. The monoisotopic (exact) mass is 412 g/mol. The van der Waals surface area contributed by atoms with E-state index in [1.807, 2.05) is 49.9 Å². The lowest BCUT2D eigenvalue weighted by atomic mass is 10.1. The molecule has 1 fully saturated rings. The van der Waals surface area contributed by atoms with Gasteiger partial charge in [0.25, 0.3) is 0 Å². The molecule has 2 aromatic heterocycles. The summed E-state index contributed by atoms with van der Waals surface area (Å²) >= 11 is 6.40. The average molecular weight is 413 g/mol. The van der Waals surface area contributed by atoms with Gasteiger partial charge in [-0.1, -0.05) is 44.5 Å². The normalized spacial score (nSPS) is 14.8. The zero-order chi connectivity index (χ0) is 20.5. The molecule has 3 aromatic rings. The van der Waals surface area contributed by atoms with Crippen molar-refractivity contribution >= 4 is 34.4 Å². The summed E-state index contributed by atoms with van der Waals surface area (Å²) < 4.78 is 1.78. The lowest BCUT2D eigenvalue weighted by molar-refractivity contribution is -0.134. The molecule has 0 radical (unpaired) electrons. The highest BCUT2D eigenvalue weighted by Crippen LogP contribution is 2.29. The predicted molar refractivity (Wildman–Crippen MR) is 115 cm³/mol. The number of benzene rings is 1. The van der Waals surface area contributed by atoms with Crippen molar-refractivity contribution < 1.29 is 4.79 Å². The van der Waals surface area contributed by atoms with Crippen molar-refractivity contribution in [1.82, 2.24) is 24.6 Å². The average Bonchev–Trinajstić information content (AvgIpc) is 3.16. The van der Waals surface area contributed by atoms with Crippen LogP contribution in [0, 0.1) is 5.92 Å². The van der Waals surface area contributed by atoms with E-state index in [9.17, 15) is 4.79 Å². The summed E-state index contributed by atoms with van der Waals surface area (Å²) in [4.78, 5) is 26.0. The Morgan fingerprint density at radius 3 is 2.52 bits per heavy atom. The maximum atomic E-state index is 12.3. The van der Waals surface area contributed by atoms with Crippen LogP contribution in [-0.4, -0.2) is 56.7 Å². The summed E-state index contributed by atoms with van der Waals surface area (Å²) in [6.07, 6.45) is 2.53. The molecule has 0 saturated carbocycles. The van der Waals surface area contributed by atoms with Crippen LogP contribution >= 0.6 is 11.6 Å². The molecule has 1 aromatic carbocycles. The van der Waals surface area contributed by atoms with E-state index in [-0.39, 0.29) is 11.8 Å². The van der Waals surface area contributed by atoms with Gasteiger partial charge in [0, 0.05) is 38.5 Å². The van der Waals surface area contributed by atoms with E-state index in [1.165, 1.54) is 0 Å². The van der Waals surface area contributed by atoms with Gasteiger partial charge in [-0.3, -0.25) is 4.79 Å². The maximum absolute atomic E-state index is 12.3. The SMILES string of the molecule is CCc1nc(N2CCN(C(=O)C(C)C)CC2)c2cnn(-c3ccccc3Cl)c2n1. The lowest BCUT2D eigenvalue weighted by Gasteiger charge is -2.36. The number of carbonyl (C=O) groups is 1. The molecule has 0 atom stereocenters. The van der Waals surface area contributed by atoms with Gasteiger partial charge in [-0.05, 0) is 12.1 Å². The van der Waals surface area contributed by atoms with Gasteiger partial charge >= 0.3 is 0 Å². The molecule has 1 aliphatic rings. The van der Waals surface area contributed by atoms with Crippen molar-refractivity contribution in [2.45, 2.75) is 27.2 Å². The van der Waals surface area contributed by atoms with Gasteiger partial charge in [0.15, 0.2) is 5.65 Å². The van der Waals surface area contributed by atoms with Crippen LogP contribution < -0.4 is 4.90 Å². The van der Waals surface area contributed by atoms with Crippen LogP contribution in [0.15, 0.2) is 30.5 Å². The molecule has 0 unspecified atom stereocenters. The Hall–Kier alpha value is -2.67. The molecule has 1 saturated heterocycles. The lowest BCUT2D eigenvalue weighted by Crippen LogP contribution is -2.50. The van der Waals surface area contributed by atoms with E-state index in [0.29, 0.717) is 18.1 Å². The fourth-order valence-electron chi connectivity index (χ4n) is 3.64. The van der Waals surface area contributed by atoms with E-state index in [1.54, 1.807) is 10.9 Å². The van der Waals surface area contributed by atoms with Gasteiger partial charge in [0.1, 0.15) is 11.6 Å². The van der Waals surface area contributed by atoms with E-state index in [0.717, 1.165) is 47.9 Å². The highest BCUT2D eigenvalue weighted by Gasteiger charge is 2.26. The molecule has 4 rings (SSSR count). The van der Waals surface area contributed by atoms with Crippen LogP contribution in [0.5, 0.6) is 0 Å². The Kier molecular flexibility index (Phi) is 5.41. The fraction of sp³-hybridized carbons (Fsp3) is 0.429. The van der Waals surface area contributed by atoms with Crippen molar-refractivity contribution in [3.05, 3.63) is 41.3 Å². The van der Waals surface area contributed by atoms with Crippen LogP contribution in [-0.2, 0) is 11.2 Å². The highest BCUT2D eigenvalue weighted by atomic mass is 35.5. The number of aryl methyl sites for hydroxylation is 1. The van der Waals surface area contributed by atoms with Gasteiger partial charge < -0.3 is 9.80 Å². The number of halogens is 1. The molecule has 0 spiro atoms. The van der Waals surface area contributed by atoms with E-state index < -0.39 is 0 Å². The fourth-order valence-corrected chi connectivity index (χ4v) is 3.86. The molecule has 1 aliphatic heterocycles. The number of anilines is 1. The van der Waals surface area contributed by atoms with Gasteiger partial charge in [-0.25, -0.2) is 14.6 Å². The zero-order valence-electron chi connectivity index (χ0n) is 17.0. The first-order valence-corrected chi connectivity index (χ1v) is 10.4. The predicted octanol–water partition coefficient (Wildman–Crippen LogP) is 3.34. The van der Waals surface area contributed by atoms with Crippen molar-refractivity contribution in [3.63, 3.8) is 0 Å². The standard InChI is InChI=1S/C21H25ClN6O/c1-4-18-24-19(26-9-11-27(12-10-26)21(29)14(2)3)15-13-23-28(20(15)25-18)17-8-6-5-7-16(17)22/h5-8,13-14H,4,9-12H2,1-3H3. The number of hydrogen-bond acceptors (Lipinski definition) is 5. The molecular formula is C21H25ClN6O. The van der Waals surface area contributed by atoms with Crippen LogP contribution in [0.25, 0.3) is 16.7 Å². The van der Waals surface area contributed by atoms with E-state index >= 15 is 0 Å². The van der Waals surface area contributed by atoms with Crippen molar-refractivity contribution in [1.29, 1.82) is 0 Å². The Labute approximate surface area is 175 Å². The van der Waals surface area contributed by atoms with Crippen LogP contribution in [0.2, 0.25) is 5.02 Å². The summed E-state index contributed by atoms with van der Waals surface area (Å²) in [5.41, 5.74) is 1.55. The first-order valence-electron chi connectivity index (χ1n) is 10.0. The molecule has 7 nitrogen and oxygen atoms in total. The van der Waals surface area contributed by atoms with Crippen molar-refractivity contribution in [2.75, 3.05) is 31.1 Å². The molecule has 29 heavy (non-hydrogen) atoms. The maximum Gasteiger partial charge on any atom is 0.225 e. The third-order valence-corrected chi connectivity index (χ3v) is 5.56. The topological polar surface area (TPSA) is 67.2 Å². The third-order valence-electron chi connectivity index (χ3n) is 5.24. The highest BCUT2D eigenvalue weighted by molar-refractivity contribution is 6.32. The number of rotatable bonds is 4. The van der Waals surface area contributed by atoms with Crippen LogP contribution in [0.1, 0.15) is 26.6 Å². The molecule has 8 heteroatoms. The summed E-state index contributed by atoms with van der Waals surface area (Å²) in [5, 5.41) is 6.08. The summed E-state index contributed by atoms with van der Waals surface area (Å²) in [6.45, 7) is 8.81. The smallest absolute Gasteiger partial charge is 0.225 e. The molecule has 0 bridgehead atoms. The minimum Gasteiger partial charge on any atom is -0.352 e. The number of amides is 1. The number of para-hydroxylation sites is 1. The van der Waals surface area contributed by atoms with Gasteiger partial charge in [-0.15, -0.1) is 0 Å². The van der Waals surface area contributed by atoms with Crippen LogP contribution in [0.3, 0.4) is 0 Å². The quantitative estimate of drug-likeness (QED) is 0.657. The van der Waals surface area contributed by atoms with Gasteiger partial charge in [0.05, 0.1) is 22.3 Å². The van der Waals surface area contributed by atoms with Crippen LogP contribution in [0.4, 0.5) is 5.82 Å². The Morgan fingerprint density at radius 2 is 1.86 bits per heavy atom. The second-order valence-electron chi connectivity index (χ2n) is 7.53. The Balaban J connectivity index is 1.71. The third kappa shape index (κ3) is 3.67. The molecule has 0 N–H and O–H groups in total. The first kappa shape index (κ1) is 19.6. The second-order valence-corrected chi connectivity index (χ2v) is 7.94. The van der Waals surface area contributed by atoms with Gasteiger partial charge in [0.2, 0.25) is 5.91 Å². The number of aromatic nitrogens is 4. The molecule has 1 amide bonds. The minimum absolute atomic E-state index is 0.0212. The largest absolute Gasteiger partial charge is 0.352 e. The molecular weight excluding hydrogens is 388 g/mol. The Morgan fingerprint density at radius 1 is 1.14 bits per heavy atom. The Bertz CT molecular complexity index is 1040. The summed E-state index contributed by atoms with van der Waals surface area (Å²) in [6, 6.07) is 7.60. The van der Waals surface area contributed by atoms with E-state index in [4.69, 9.17) is 21.6 Å². The van der Waals surface area contributed by atoms with Crippen molar-refractivity contribution in [3.8, 4) is 5.69 Å². The first-order chi connectivity index (χ1) is 14.0.